The summed E-state index contributed by atoms with van der Waals surface area (Å²) in [6.45, 7) is 3.46. The zero-order valence-corrected chi connectivity index (χ0v) is 12.2. The quantitative estimate of drug-likeness (QED) is 0.669. The first-order chi connectivity index (χ1) is 9.90. The number of amides is 2. The SMILES string of the molecule is CC(=O)Nc1cccc(C(=O)NCCCC(C)C(=O)O)c1. The summed E-state index contributed by atoms with van der Waals surface area (Å²) >= 11 is 0. The van der Waals surface area contributed by atoms with Crippen LogP contribution in [0.3, 0.4) is 0 Å². The summed E-state index contributed by atoms with van der Waals surface area (Å²) in [5, 5.41) is 14.1. The second-order valence-electron chi connectivity index (χ2n) is 4.90. The molecule has 3 N–H and O–H groups in total. The first-order valence-electron chi connectivity index (χ1n) is 6.79. The number of benzene rings is 1. The van der Waals surface area contributed by atoms with E-state index >= 15 is 0 Å². The second-order valence-corrected chi connectivity index (χ2v) is 4.90. The van der Waals surface area contributed by atoms with E-state index in [0.29, 0.717) is 30.6 Å². The number of hydrogen-bond acceptors (Lipinski definition) is 3. The Morgan fingerprint density at radius 1 is 1.29 bits per heavy atom. The van der Waals surface area contributed by atoms with Gasteiger partial charge in [0.25, 0.3) is 5.91 Å². The fourth-order valence-electron chi connectivity index (χ4n) is 1.78. The van der Waals surface area contributed by atoms with Crippen molar-refractivity contribution in [2.45, 2.75) is 26.7 Å². The number of carbonyl (C=O) groups excluding carboxylic acids is 2. The molecular weight excluding hydrogens is 272 g/mol. The Morgan fingerprint density at radius 2 is 2.00 bits per heavy atom. The van der Waals surface area contributed by atoms with Crippen LogP contribution in [0.4, 0.5) is 5.69 Å². The molecule has 114 valence electrons. The van der Waals surface area contributed by atoms with Crippen LogP contribution in [-0.2, 0) is 9.59 Å². The minimum Gasteiger partial charge on any atom is -0.481 e. The first kappa shape index (κ1) is 16.7. The van der Waals surface area contributed by atoms with Crippen LogP contribution in [0.5, 0.6) is 0 Å². The van der Waals surface area contributed by atoms with Crippen molar-refractivity contribution in [2.75, 3.05) is 11.9 Å². The highest BCUT2D eigenvalue weighted by Gasteiger charge is 2.11. The zero-order chi connectivity index (χ0) is 15.8. The summed E-state index contributed by atoms with van der Waals surface area (Å²) in [5.74, 6) is -1.69. The van der Waals surface area contributed by atoms with Crippen molar-refractivity contribution in [1.29, 1.82) is 0 Å². The molecule has 1 unspecified atom stereocenters. The Bertz CT molecular complexity index is 528. The predicted octanol–water partition coefficient (Wildman–Crippen LogP) is 1.88. The van der Waals surface area contributed by atoms with Crippen LogP contribution in [0.2, 0.25) is 0 Å². The molecule has 21 heavy (non-hydrogen) atoms. The highest BCUT2D eigenvalue weighted by Crippen LogP contribution is 2.11. The molecule has 2 amide bonds. The predicted molar refractivity (Wildman–Crippen MR) is 79.1 cm³/mol. The molecule has 0 aromatic heterocycles. The highest BCUT2D eigenvalue weighted by molar-refractivity contribution is 5.96. The average Bonchev–Trinajstić information content (AvgIpc) is 2.42. The molecule has 1 aromatic rings. The minimum atomic E-state index is -0.829. The molecule has 1 atom stereocenters. The zero-order valence-electron chi connectivity index (χ0n) is 12.2. The van der Waals surface area contributed by atoms with Gasteiger partial charge in [-0.15, -0.1) is 0 Å². The molecule has 0 aliphatic rings. The third-order valence-corrected chi connectivity index (χ3v) is 2.97. The summed E-state index contributed by atoms with van der Waals surface area (Å²) in [6, 6.07) is 6.64. The standard InChI is InChI=1S/C15H20N2O4/c1-10(15(20)21)5-4-8-16-14(19)12-6-3-7-13(9-12)17-11(2)18/h3,6-7,9-10H,4-5,8H2,1-2H3,(H,16,19)(H,17,18)(H,20,21). The lowest BCUT2D eigenvalue weighted by molar-refractivity contribution is -0.141. The number of carboxylic acid groups (broad SMARTS) is 1. The van der Waals surface area contributed by atoms with Crippen LogP contribution >= 0.6 is 0 Å². The molecule has 1 rings (SSSR count). The molecule has 1 aromatic carbocycles. The van der Waals surface area contributed by atoms with Gasteiger partial charge in [0.05, 0.1) is 5.92 Å². The van der Waals surface area contributed by atoms with E-state index in [0.717, 1.165) is 0 Å². The number of aliphatic carboxylic acids is 1. The van der Waals surface area contributed by atoms with Crippen molar-refractivity contribution in [3.05, 3.63) is 29.8 Å². The molecule has 0 radical (unpaired) electrons. The normalized spacial score (nSPS) is 11.5. The molecule has 0 fully saturated rings. The highest BCUT2D eigenvalue weighted by atomic mass is 16.4. The number of carbonyl (C=O) groups is 3. The topological polar surface area (TPSA) is 95.5 Å². The maximum atomic E-state index is 11.9. The van der Waals surface area contributed by atoms with E-state index in [1.165, 1.54) is 6.92 Å². The molecule has 6 heteroatoms. The van der Waals surface area contributed by atoms with Crippen molar-refractivity contribution in [3.63, 3.8) is 0 Å². The monoisotopic (exact) mass is 292 g/mol. The third-order valence-electron chi connectivity index (χ3n) is 2.97. The number of rotatable bonds is 7. The maximum absolute atomic E-state index is 11.9. The molecule has 0 aliphatic heterocycles. The summed E-state index contributed by atoms with van der Waals surface area (Å²) < 4.78 is 0. The summed E-state index contributed by atoms with van der Waals surface area (Å²) in [4.78, 5) is 33.5. The van der Waals surface area contributed by atoms with Gasteiger partial charge in [-0.3, -0.25) is 14.4 Å². The Kier molecular flexibility index (Phi) is 6.39. The van der Waals surface area contributed by atoms with Crippen molar-refractivity contribution in [2.24, 2.45) is 5.92 Å². The molecular formula is C15H20N2O4. The number of nitrogens with one attached hydrogen (secondary N) is 2. The van der Waals surface area contributed by atoms with E-state index in [2.05, 4.69) is 10.6 Å². The largest absolute Gasteiger partial charge is 0.481 e. The van der Waals surface area contributed by atoms with Crippen LogP contribution in [-0.4, -0.2) is 29.4 Å². The van der Waals surface area contributed by atoms with Gasteiger partial charge in [-0.2, -0.15) is 0 Å². The van der Waals surface area contributed by atoms with Crippen LogP contribution in [0.1, 0.15) is 37.0 Å². The van der Waals surface area contributed by atoms with E-state index in [4.69, 9.17) is 5.11 Å². The fraction of sp³-hybridized carbons (Fsp3) is 0.400. The average molecular weight is 292 g/mol. The van der Waals surface area contributed by atoms with E-state index in [1.807, 2.05) is 0 Å². The molecule has 0 spiro atoms. The van der Waals surface area contributed by atoms with E-state index in [9.17, 15) is 14.4 Å². The molecule has 0 heterocycles. The Hall–Kier alpha value is -2.37. The Morgan fingerprint density at radius 3 is 2.62 bits per heavy atom. The van der Waals surface area contributed by atoms with Gasteiger partial charge in [-0.05, 0) is 31.0 Å². The lowest BCUT2D eigenvalue weighted by Gasteiger charge is -2.08. The van der Waals surface area contributed by atoms with Crippen molar-refractivity contribution in [3.8, 4) is 0 Å². The molecule has 6 nitrogen and oxygen atoms in total. The van der Waals surface area contributed by atoms with Gasteiger partial charge in [0.15, 0.2) is 0 Å². The van der Waals surface area contributed by atoms with Gasteiger partial charge in [0.1, 0.15) is 0 Å². The van der Waals surface area contributed by atoms with Gasteiger partial charge < -0.3 is 15.7 Å². The van der Waals surface area contributed by atoms with Gasteiger partial charge in [-0.1, -0.05) is 13.0 Å². The van der Waals surface area contributed by atoms with Crippen LogP contribution in [0, 0.1) is 5.92 Å². The van der Waals surface area contributed by atoms with Crippen LogP contribution < -0.4 is 10.6 Å². The molecule has 0 aliphatic carbocycles. The maximum Gasteiger partial charge on any atom is 0.306 e. The van der Waals surface area contributed by atoms with E-state index in [1.54, 1.807) is 31.2 Å². The Balaban J connectivity index is 2.45. The Labute approximate surface area is 123 Å². The third kappa shape index (κ3) is 6.07. The van der Waals surface area contributed by atoms with Gasteiger partial charge in [-0.25, -0.2) is 0 Å². The number of anilines is 1. The summed E-state index contributed by atoms with van der Waals surface area (Å²) in [7, 11) is 0. The van der Waals surface area contributed by atoms with Gasteiger partial charge >= 0.3 is 5.97 Å². The van der Waals surface area contributed by atoms with Crippen LogP contribution in [0.25, 0.3) is 0 Å². The number of carboxylic acids is 1. The molecule has 0 saturated carbocycles. The van der Waals surface area contributed by atoms with Crippen LogP contribution in [0.15, 0.2) is 24.3 Å². The fourth-order valence-corrected chi connectivity index (χ4v) is 1.78. The van der Waals surface area contributed by atoms with Gasteiger partial charge in [0, 0.05) is 24.7 Å². The van der Waals surface area contributed by atoms with Crippen molar-refractivity contribution in [1.82, 2.24) is 5.32 Å². The number of hydrogen-bond donors (Lipinski definition) is 3. The minimum absolute atomic E-state index is 0.199. The molecule has 0 bridgehead atoms. The molecule has 0 saturated heterocycles. The van der Waals surface area contributed by atoms with Gasteiger partial charge in [0.2, 0.25) is 5.91 Å². The van der Waals surface area contributed by atoms with Crippen molar-refractivity contribution < 1.29 is 19.5 Å². The summed E-state index contributed by atoms with van der Waals surface area (Å²) in [6.07, 6.45) is 1.12. The lowest BCUT2D eigenvalue weighted by Crippen LogP contribution is -2.25. The first-order valence-corrected chi connectivity index (χ1v) is 6.79. The van der Waals surface area contributed by atoms with Crippen molar-refractivity contribution >= 4 is 23.5 Å². The van der Waals surface area contributed by atoms with E-state index in [-0.39, 0.29) is 11.8 Å². The van der Waals surface area contributed by atoms with E-state index < -0.39 is 11.9 Å². The lowest BCUT2D eigenvalue weighted by atomic mass is 10.1. The summed E-state index contributed by atoms with van der Waals surface area (Å²) in [5.41, 5.74) is 1.02. The second kappa shape index (κ2) is 8.04. The smallest absolute Gasteiger partial charge is 0.306 e.